The van der Waals surface area contributed by atoms with Crippen LogP contribution < -0.4 is 11.1 Å². The summed E-state index contributed by atoms with van der Waals surface area (Å²) >= 11 is 0. The Morgan fingerprint density at radius 3 is 2.65 bits per heavy atom. The molecule has 1 unspecified atom stereocenters. The van der Waals surface area contributed by atoms with Gasteiger partial charge in [-0.15, -0.1) is 0 Å². The molecule has 5 heteroatoms. The van der Waals surface area contributed by atoms with Crippen molar-refractivity contribution >= 4 is 5.91 Å². The summed E-state index contributed by atoms with van der Waals surface area (Å²) in [7, 11) is 0. The molecule has 0 aliphatic carbocycles. The minimum atomic E-state index is -0.396. The Balaban J connectivity index is 2.03. The van der Waals surface area contributed by atoms with E-state index in [1.54, 1.807) is 17.1 Å². The van der Waals surface area contributed by atoms with Crippen LogP contribution in [0.5, 0.6) is 0 Å². The molecule has 0 saturated carbocycles. The van der Waals surface area contributed by atoms with Gasteiger partial charge in [-0.2, -0.15) is 5.10 Å². The van der Waals surface area contributed by atoms with Gasteiger partial charge in [0.05, 0.1) is 18.3 Å². The van der Waals surface area contributed by atoms with E-state index in [4.69, 9.17) is 5.73 Å². The van der Waals surface area contributed by atoms with Crippen molar-refractivity contribution in [3.63, 3.8) is 0 Å². The van der Waals surface area contributed by atoms with Crippen molar-refractivity contribution in [2.45, 2.75) is 39.3 Å². The van der Waals surface area contributed by atoms with Crippen LogP contribution in [-0.2, 0) is 6.54 Å². The van der Waals surface area contributed by atoms with E-state index in [1.165, 1.54) is 0 Å². The predicted octanol–water partition coefficient (Wildman–Crippen LogP) is 2.42. The van der Waals surface area contributed by atoms with Crippen LogP contribution in [0.2, 0.25) is 0 Å². The first-order valence-electron chi connectivity index (χ1n) is 8.01. The Kier molecular flexibility index (Phi) is 5.55. The molecule has 1 amide bonds. The van der Waals surface area contributed by atoms with E-state index in [-0.39, 0.29) is 5.91 Å². The fraction of sp³-hybridized carbons (Fsp3) is 0.444. The van der Waals surface area contributed by atoms with Crippen molar-refractivity contribution in [2.24, 2.45) is 11.7 Å². The molecule has 1 aromatic heterocycles. The number of hydrogen-bond donors (Lipinski definition) is 2. The monoisotopic (exact) mass is 314 g/mol. The van der Waals surface area contributed by atoms with Gasteiger partial charge in [-0.05, 0) is 24.8 Å². The molecule has 23 heavy (non-hydrogen) atoms. The number of benzene rings is 1. The zero-order chi connectivity index (χ0) is 16.9. The van der Waals surface area contributed by atoms with Crippen LogP contribution in [0, 0.1) is 5.92 Å². The highest BCUT2D eigenvalue weighted by molar-refractivity contribution is 5.94. The van der Waals surface area contributed by atoms with Crippen molar-refractivity contribution in [1.29, 1.82) is 0 Å². The highest BCUT2D eigenvalue weighted by Gasteiger charge is 2.26. The van der Waals surface area contributed by atoms with Crippen molar-refractivity contribution in [3.8, 4) is 0 Å². The smallest absolute Gasteiger partial charge is 0.254 e. The molecular formula is C18H26N4O. The second kappa shape index (κ2) is 7.42. The van der Waals surface area contributed by atoms with Crippen LogP contribution >= 0.6 is 0 Å². The summed E-state index contributed by atoms with van der Waals surface area (Å²) < 4.78 is 1.77. The molecule has 0 saturated heterocycles. The van der Waals surface area contributed by atoms with E-state index in [0.717, 1.165) is 12.0 Å². The zero-order valence-corrected chi connectivity index (χ0v) is 14.1. The Labute approximate surface area is 137 Å². The average molecular weight is 314 g/mol. The van der Waals surface area contributed by atoms with E-state index in [1.807, 2.05) is 37.3 Å². The number of nitrogens with two attached hydrogens (primary N) is 1. The summed E-state index contributed by atoms with van der Waals surface area (Å²) in [5, 5.41) is 7.32. The molecule has 3 N–H and O–H groups in total. The lowest BCUT2D eigenvalue weighted by Gasteiger charge is -2.31. The van der Waals surface area contributed by atoms with E-state index in [9.17, 15) is 4.79 Å². The second-order valence-electron chi connectivity index (χ2n) is 6.73. The molecule has 1 heterocycles. The molecule has 0 radical (unpaired) electrons. The minimum Gasteiger partial charge on any atom is -0.346 e. The van der Waals surface area contributed by atoms with E-state index < -0.39 is 5.54 Å². The van der Waals surface area contributed by atoms with Gasteiger partial charge in [0.1, 0.15) is 0 Å². The SMILES string of the molecule is CC(C)CC(C)(CN)NC(=O)c1cnn(Cc2ccccc2)c1. The van der Waals surface area contributed by atoms with Crippen LogP contribution in [-0.4, -0.2) is 27.8 Å². The van der Waals surface area contributed by atoms with E-state index >= 15 is 0 Å². The number of aromatic nitrogens is 2. The number of amides is 1. The lowest BCUT2D eigenvalue weighted by Crippen LogP contribution is -2.52. The van der Waals surface area contributed by atoms with Gasteiger partial charge in [0.15, 0.2) is 0 Å². The van der Waals surface area contributed by atoms with Crippen molar-refractivity contribution in [2.75, 3.05) is 6.54 Å². The highest BCUT2D eigenvalue weighted by Crippen LogP contribution is 2.16. The molecule has 0 fully saturated rings. The first-order valence-corrected chi connectivity index (χ1v) is 8.01. The largest absolute Gasteiger partial charge is 0.346 e. The summed E-state index contributed by atoms with van der Waals surface area (Å²) in [5.41, 5.74) is 7.16. The summed E-state index contributed by atoms with van der Waals surface area (Å²) in [5.74, 6) is 0.336. The van der Waals surface area contributed by atoms with Crippen molar-refractivity contribution in [1.82, 2.24) is 15.1 Å². The topological polar surface area (TPSA) is 72.9 Å². The van der Waals surface area contributed by atoms with Gasteiger partial charge in [0.2, 0.25) is 0 Å². The molecule has 0 aliphatic heterocycles. The maximum Gasteiger partial charge on any atom is 0.254 e. The quantitative estimate of drug-likeness (QED) is 0.824. The Morgan fingerprint density at radius 2 is 2.04 bits per heavy atom. The maximum atomic E-state index is 12.4. The average Bonchev–Trinajstić information content (AvgIpc) is 2.96. The molecule has 1 aromatic carbocycles. The molecule has 5 nitrogen and oxygen atoms in total. The number of nitrogens with one attached hydrogen (secondary N) is 1. The van der Waals surface area contributed by atoms with Crippen LogP contribution in [0.1, 0.15) is 43.1 Å². The predicted molar refractivity (Wildman–Crippen MR) is 92.2 cm³/mol. The van der Waals surface area contributed by atoms with Gasteiger partial charge in [-0.3, -0.25) is 9.48 Å². The number of carbonyl (C=O) groups is 1. The first-order chi connectivity index (χ1) is 10.9. The van der Waals surface area contributed by atoms with Gasteiger partial charge < -0.3 is 11.1 Å². The van der Waals surface area contributed by atoms with E-state index in [2.05, 4.69) is 24.3 Å². The number of carbonyl (C=O) groups excluding carboxylic acids is 1. The molecule has 0 aliphatic rings. The molecule has 0 bridgehead atoms. The Morgan fingerprint density at radius 1 is 1.35 bits per heavy atom. The maximum absolute atomic E-state index is 12.4. The standard InChI is InChI=1S/C18H26N4O/c1-14(2)9-18(3,13-19)21-17(23)16-10-20-22(12-16)11-15-7-5-4-6-8-15/h4-8,10,12,14H,9,11,13,19H2,1-3H3,(H,21,23). The number of rotatable bonds is 7. The number of nitrogens with zero attached hydrogens (tertiary/aromatic N) is 2. The Hall–Kier alpha value is -2.14. The summed E-state index contributed by atoms with van der Waals surface area (Å²) in [6.07, 6.45) is 4.21. The van der Waals surface area contributed by atoms with E-state index in [0.29, 0.717) is 24.6 Å². The summed E-state index contributed by atoms with van der Waals surface area (Å²) in [6, 6.07) is 10.0. The third-order valence-electron chi connectivity index (χ3n) is 3.81. The molecule has 124 valence electrons. The van der Waals surface area contributed by atoms with Gasteiger partial charge >= 0.3 is 0 Å². The summed E-state index contributed by atoms with van der Waals surface area (Å²) in [4.78, 5) is 12.4. The van der Waals surface area contributed by atoms with Gasteiger partial charge in [-0.1, -0.05) is 44.2 Å². The highest BCUT2D eigenvalue weighted by atomic mass is 16.1. The van der Waals surface area contributed by atoms with Gasteiger partial charge in [0, 0.05) is 18.3 Å². The van der Waals surface area contributed by atoms with Gasteiger partial charge in [0.25, 0.3) is 5.91 Å². The lowest BCUT2D eigenvalue weighted by molar-refractivity contribution is 0.0898. The molecule has 0 spiro atoms. The normalized spacial score (nSPS) is 13.8. The van der Waals surface area contributed by atoms with Crippen LogP contribution in [0.4, 0.5) is 0 Å². The summed E-state index contributed by atoms with van der Waals surface area (Å²) in [6.45, 7) is 7.29. The third kappa shape index (κ3) is 4.93. The third-order valence-corrected chi connectivity index (χ3v) is 3.81. The second-order valence-corrected chi connectivity index (χ2v) is 6.73. The molecular weight excluding hydrogens is 288 g/mol. The molecule has 1 atom stereocenters. The molecule has 2 rings (SSSR count). The fourth-order valence-electron chi connectivity index (χ4n) is 2.77. The van der Waals surface area contributed by atoms with Crippen LogP contribution in [0.25, 0.3) is 0 Å². The zero-order valence-electron chi connectivity index (χ0n) is 14.1. The minimum absolute atomic E-state index is 0.127. The van der Waals surface area contributed by atoms with Crippen molar-refractivity contribution < 1.29 is 4.79 Å². The number of hydrogen-bond acceptors (Lipinski definition) is 3. The Bertz CT molecular complexity index is 635. The fourth-order valence-corrected chi connectivity index (χ4v) is 2.77. The lowest BCUT2D eigenvalue weighted by atomic mass is 9.90. The molecule has 2 aromatic rings. The van der Waals surface area contributed by atoms with Crippen LogP contribution in [0.15, 0.2) is 42.7 Å². The van der Waals surface area contributed by atoms with Gasteiger partial charge in [-0.25, -0.2) is 0 Å². The van der Waals surface area contributed by atoms with Crippen LogP contribution in [0.3, 0.4) is 0 Å². The first kappa shape index (κ1) is 17.2. The van der Waals surface area contributed by atoms with Crippen molar-refractivity contribution in [3.05, 3.63) is 53.9 Å².